The van der Waals surface area contributed by atoms with Gasteiger partial charge in [0.2, 0.25) is 11.8 Å². The number of rotatable bonds is 5. The first-order valence-corrected chi connectivity index (χ1v) is 8.45. The molecule has 0 aliphatic carbocycles. The summed E-state index contributed by atoms with van der Waals surface area (Å²) in [7, 11) is 1.59. The van der Waals surface area contributed by atoms with Crippen molar-refractivity contribution in [1.29, 1.82) is 0 Å². The fraction of sp³-hybridized carbons (Fsp3) is 0.368. The number of carbonyl (C=O) groups is 2. The Morgan fingerprint density at radius 3 is 2.68 bits per heavy atom. The molecule has 2 amide bonds. The zero-order valence-corrected chi connectivity index (χ0v) is 14.5. The highest BCUT2D eigenvalue weighted by atomic mass is 16.3. The monoisotopic (exact) mass is 341 g/mol. The molecular formula is C19H23N3O3. The van der Waals surface area contributed by atoms with E-state index in [0.717, 1.165) is 29.2 Å². The van der Waals surface area contributed by atoms with Crippen LogP contribution < -0.4 is 10.6 Å². The van der Waals surface area contributed by atoms with Crippen molar-refractivity contribution in [2.75, 3.05) is 20.1 Å². The molecule has 1 fully saturated rings. The second-order valence-corrected chi connectivity index (χ2v) is 6.26. The summed E-state index contributed by atoms with van der Waals surface area (Å²) in [6.45, 7) is 3.89. The molecule has 1 atom stereocenters. The predicted molar refractivity (Wildman–Crippen MR) is 94.8 cm³/mol. The summed E-state index contributed by atoms with van der Waals surface area (Å²) in [6, 6.07) is 11.6. The number of furan rings is 1. The highest BCUT2D eigenvalue weighted by Gasteiger charge is 2.31. The van der Waals surface area contributed by atoms with Crippen LogP contribution in [0, 0.1) is 6.92 Å². The van der Waals surface area contributed by atoms with Crippen LogP contribution in [0.4, 0.5) is 0 Å². The molecule has 2 aromatic rings. The van der Waals surface area contributed by atoms with Crippen molar-refractivity contribution in [3.63, 3.8) is 0 Å². The van der Waals surface area contributed by atoms with Crippen LogP contribution in [0.2, 0.25) is 0 Å². The smallest absolute Gasteiger partial charge is 0.237 e. The van der Waals surface area contributed by atoms with Gasteiger partial charge in [-0.15, -0.1) is 0 Å². The third-order valence-electron chi connectivity index (χ3n) is 4.46. The van der Waals surface area contributed by atoms with Crippen molar-refractivity contribution in [2.45, 2.75) is 25.9 Å². The highest BCUT2D eigenvalue weighted by Crippen LogP contribution is 2.23. The van der Waals surface area contributed by atoms with Crippen LogP contribution in [0.3, 0.4) is 0 Å². The first-order valence-electron chi connectivity index (χ1n) is 8.45. The van der Waals surface area contributed by atoms with Crippen LogP contribution in [0.25, 0.3) is 11.3 Å². The van der Waals surface area contributed by atoms with Gasteiger partial charge in [-0.3, -0.25) is 14.5 Å². The number of aryl methyl sites for hydroxylation is 1. The maximum Gasteiger partial charge on any atom is 0.237 e. The molecule has 3 rings (SSSR count). The number of benzene rings is 1. The number of hydrogen-bond acceptors (Lipinski definition) is 4. The van der Waals surface area contributed by atoms with Crippen molar-refractivity contribution in [1.82, 2.24) is 15.5 Å². The van der Waals surface area contributed by atoms with Gasteiger partial charge in [0.05, 0.1) is 12.5 Å². The van der Waals surface area contributed by atoms with Gasteiger partial charge in [-0.1, -0.05) is 24.3 Å². The quantitative estimate of drug-likeness (QED) is 0.868. The van der Waals surface area contributed by atoms with Gasteiger partial charge >= 0.3 is 0 Å². The van der Waals surface area contributed by atoms with E-state index in [1.165, 1.54) is 0 Å². The van der Waals surface area contributed by atoms with Gasteiger partial charge in [0.25, 0.3) is 0 Å². The molecule has 6 nitrogen and oxygen atoms in total. The first kappa shape index (κ1) is 17.2. The number of amides is 2. The van der Waals surface area contributed by atoms with Crippen LogP contribution in [-0.2, 0) is 16.1 Å². The lowest BCUT2D eigenvalue weighted by Gasteiger charge is -2.34. The Hall–Kier alpha value is -2.60. The van der Waals surface area contributed by atoms with Gasteiger partial charge in [-0.2, -0.15) is 0 Å². The Bertz CT molecular complexity index is 752. The molecular weight excluding hydrogens is 318 g/mol. The average molecular weight is 341 g/mol. The third kappa shape index (κ3) is 4.09. The molecule has 0 spiro atoms. The SMILES string of the molecule is CNC(=O)C[C@H]1C(=O)NCCN1Cc1ccc(-c2ccc(C)o2)cc1. The lowest BCUT2D eigenvalue weighted by Crippen LogP contribution is -2.55. The Labute approximate surface area is 147 Å². The number of hydrogen-bond donors (Lipinski definition) is 2. The summed E-state index contributed by atoms with van der Waals surface area (Å²) < 4.78 is 5.64. The predicted octanol–water partition coefficient (Wildman–Crippen LogP) is 1.69. The van der Waals surface area contributed by atoms with Gasteiger partial charge in [0.1, 0.15) is 11.5 Å². The fourth-order valence-electron chi connectivity index (χ4n) is 3.05. The molecule has 2 heterocycles. The average Bonchev–Trinajstić information content (AvgIpc) is 3.05. The summed E-state index contributed by atoms with van der Waals surface area (Å²) in [5, 5.41) is 5.43. The zero-order valence-electron chi connectivity index (χ0n) is 14.5. The first-order chi connectivity index (χ1) is 12.1. The maximum atomic E-state index is 12.1. The van der Waals surface area contributed by atoms with Gasteiger partial charge in [-0.25, -0.2) is 0 Å². The second kappa shape index (κ2) is 7.53. The summed E-state index contributed by atoms with van der Waals surface area (Å²) in [4.78, 5) is 25.9. The van der Waals surface area contributed by atoms with Crippen molar-refractivity contribution in [3.05, 3.63) is 47.7 Å². The molecule has 0 saturated carbocycles. The molecule has 1 aromatic carbocycles. The number of carbonyl (C=O) groups excluding carboxylic acids is 2. The van der Waals surface area contributed by atoms with E-state index in [1.54, 1.807) is 7.05 Å². The standard InChI is InChI=1S/C19H23N3O3/c1-13-3-8-17(25-13)15-6-4-14(5-7-15)12-22-10-9-21-19(24)16(22)11-18(23)20-2/h3-8,16H,9-12H2,1-2H3,(H,20,23)(H,21,24)/t16-/m0/s1. The Morgan fingerprint density at radius 2 is 2.04 bits per heavy atom. The van der Waals surface area contributed by atoms with E-state index >= 15 is 0 Å². The molecule has 1 saturated heterocycles. The molecule has 0 unspecified atom stereocenters. The summed E-state index contributed by atoms with van der Waals surface area (Å²) >= 11 is 0. The summed E-state index contributed by atoms with van der Waals surface area (Å²) in [6.07, 6.45) is 0.173. The summed E-state index contributed by atoms with van der Waals surface area (Å²) in [5.74, 6) is 1.52. The molecule has 6 heteroatoms. The van der Waals surface area contributed by atoms with Crippen LogP contribution in [0.15, 0.2) is 40.8 Å². The zero-order chi connectivity index (χ0) is 17.8. The van der Waals surface area contributed by atoms with Gasteiger partial charge in [-0.05, 0) is 24.6 Å². The molecule has 1 aliphatic heterocycles. The molecule has 1 aliphatic rings. The van der Waals surface area contributed by atoms with Gasteiger partial charge < -0.3 is 15.1 Å². The minimum absolute atomic E-state index is 0.0856. The Balaban J connectivity index is 1.71. The van der Waals surface area contributed by atoms with Crippen LogP contribution >= 0.6 is 0 Å². The van der Waals surface area contributed by atoms with E-state index in [9.17, 15) is 9.59 Å². The van der Waals surface area contributed by atoms with Crippen molar-refractivity contribution in [3.8, 4) is 11.3 Å². The van der Waals surface area contributed by atoms with E-state index in [2.05, 4.69) is 15.5 Å². The molecule has 0 bridgehead atoms. The Kier molecular flexibility index (Phi) is 5.19. The largest absolute Gasteiger partial charge is 0.461 e. The summed E-state index contributed by atoms with van der Waals surface area (Å²) in [5.41, 5.74) is 2.12. The van der Waals surface area contributed by atoms with Crippen LogP contribution in [-0.4, -0.2) is 42.9 Å². The number of nitrogens with zero attached hydrogens (tertiary/aromatic N) is 1. The van der Waals surface area contributed by atoms with E-state index in [1.807, 2.05) is 43.3 Å². The Morgan fingerprint density at radius 1 is 1.28 bits per heavy atom. The van der Waals surface area contributed by atoms with Crippen molar-refractivity contribution < 1.29 is 14.0 Å². The number of nitrogens with one attached hydrogen (secondary N) is 2. The highest BCUT2D eigenvalue weighted by molar-refractivity contribution is 5.88. The van der Waals surface area contributed by atoms with Crippen molar-refractivity contribution >= 4 is 11.8 Å². The van der Waals surface area contributed by atoms with E-state index in [0.29, 0.717) is 13.1 Å². The minimum Gasteiger partial charge on any atom is -0.461 e. The molecule has 2 N–H and O–H groups in total. The topological polar surface area (TPSA) is 74.6 Å². The molecule has 25 heavy (non-hydrogen) atoms. The lowest BCUT2D eigenvalue weighted by molar-refractivity contribution is -0.134. The van der Waals surface area contributed by atoms with Gasteiger partial charge in [0.15, 0.2) is 0 Å². The van der Waals surface area contributed by atoms with Gasteiger partial charge in [0, 0.05) is 32.2 Å². The second-order valence-electron chi connectivity index (χ2n) is 6.26. The van der Waals surface area contributed by atoms with E-state index in [4.69, 9.17) is 4.42 Å². The third-order valence-corrected chi connectivity index (χ3v) is 4.46. The molecule has 1 aromatic heterocycles. The minimum atomic E-state index is -0.430. The van der Waals surface area contributed by atoms with E-state index < -0.39 is 6.04 Å². The van der Waals surface area contributed by atoms with Crippen LogP contribution in [0.5, 0.6) is 0 Å². The van der Waals surface area contributed by atoms with Crippen molar-refractivity contribution in [2.24, 2.45) is 0 Å². The maximum absolute atomic E-state index is 12.1. The number of piperazine rings is 1. The van der Waals surface area contributed by atoms with E-state index in [-0.39, 0.29) is 18.2 Å². The molecule has 132 valence electrons. The van der Waals surface area contributed by atoms with Crippen LogP contribution in [0.1, 0.15) is 17.7 Å². The normalized spacial score (nSPS) is 18.0. The lowest BCUT2D eigenvalue weighted by atomic mass is 10.1. The fourth-order valence-corrected chi connectivity index (χ4v) is 3.05. The molecule has 0 radical (unpaired) electrons.